The van der Waals surface area contributed by atoms with Crippen LogP contribution in [-0.2, 0) is 13.0 Å². The minimum absolute atomic E-state index is 0.570. The van der Waals surface area contributed by atoms with Gasteiger partial charge in [-0.3, -0.25) is 4.90 Å². The van der Waals surface area contributed by atoms with Gasteiger partial charge in [0.2, 0.25) is 0 Å². The van der Waals surface area contributed by atoms with Crippen molar-refractivity contribution in [2.24, 2.45) is 5.73 Å². The number of rotatable bonds is 6. The van der Waals surface area contributed by atoms with E-state index in [1.165, 1.54) is 9.75 Å². The molecule has 2 N–H and O–H groups in total. The highest BCUT2D eigenvalue weighted by molar-refractivity contribution is 7.11. The zero-order chi connectivity index (χ0) is 11.3. The molecule has 0 amide bonds. The van der Waals surface area contributed by atoms with Gasteiger partial charge in [-0.05, 0) is 32.4 Å². The van der Waals surface area contributed by atoms with Crippen LogP contribution in [0.2, 0.25) is 0 Å². The maximum absolute atomic E-state index is 5.61. The lowest BCUT2D eigenvalue weighted by atomic mass is 10.3. The van der Waals surface area contributed by atoms with Crippen LogP contribution in [0.25, 0.3) is 0 Å². The van der Waals surface area contributed by atoms with Gasteiger partial charge in [0.25, 0.3) is 0 Å². The van der Waals surface area contributed by atoms with E-state index in [4.69, 9.17) is 5.73 Å². The molecule has 0 unspecified atom stereocenters. The van der Waals surface area contributed by atoms with Crippen molar-refractivity contribution in [2.45, 2.75) is 39.8 Å². The first-order chi connectivity index (χ1) is 7.17. The fraction of sp³-hybridized carbons (Fsp3) is 0.667. The Balaban J connectivity index is 2.57. The Hall–Kier alpha value is -0.380. The van der Waals surface area contributed by atoms with Crippen molar-refractivity contribution in [2.75, 3.05) is 13.1 Å². The summed E-state index contributed by atoms with van der Waals surface area (Å²) in [6.45, 7) is 9.42. The first-order valence-corrected chi connectivity index (χ1v) is 6.50. The molecule has 0 fully saturated rings. The van der Waals surface area contributed by atoms with Crippen LogP contribution in [0.3, 0.4) is 0 Å². The number of nitrogens with two attached hydrogens (primary N) is 1. The van der Waals surface area contributed by atoms with Gasteiger partial charge >= 0.3 is 0 Å². The Kier molecular flexibility index (Phi) is 5.29. The molecular weight excluding hydrogens is 204 g/mol. The molecule has 0 radical (unpaired) electrons. The molecule has 0 aromatic carbocycles. The van der Waals surface area contributed by atoms with Gasteiger partial charge in [0.1, 0.15) is 0 Å². The fourth-order valence-electron chi connectivity index (χ4n) is 1.58. The summed E-state index contributed by atoms with van der Waals surface area (Å²) in [5, 5.41) is 0. The topological polar surface area (TPSA) is 29.3 Å². The van der Waals surface area contributed by atoms with Crippen LogP contribution in [0.4, 0.5) is 0 Å². The molecule has 86 valence electrons. The summed E-state index contributed by atoms with van der Waals surface area (Å²) in [6, 6.07) is 5.05. The summed E-state index contributed by atoms with van der Waals surface area (Å²) in [5.74, 6) is 0. The van der Waals surface area contributed by atoms with Gasteiger partial charge in [-0.15, -0.1) is 11.3 Å². The monoisotopic (exact) mass is 226 g/mol. The van der Waals surface area contributed by atoms with Crippen molar-refractivity contribution in [1.82, 2.24) is 4.90 Å². The van der Waals surface area contributed by atoms with Crippen LogP contribution in [0.5, 0.6) is 0 Å². The smallest absolute Gasteiger partial charge is 0.0331 e. The molecule has 0 atom stereocenters. The standard InChI is InChI=1S/C12H22N2S/c1-4-11-5-6-12(15-11)9-14(8-7-13)10(2)3/h5-6,10H,4,7-9,13H2,1-3H3. The van der Waals surface area contributed by atoms with Crippen LogP contribution in [0.1, 0.15) is 30.5 Å². The highest BCUT2D eigenvalue weighted by Crippen LogP contribution is 2.19. The third kappa shape index (κ3) is 3.93. The van der Waals surface area contributed by atoms with Crippen molar-refractivity contribution >= 4 is 11.3 Å². The molecule has 1 rings (SSSR count). The van der Waals surface area contributed by atoms with Crippen molar-refractivity contribution in [1.29, 1.82) is 0 Å². The lowest BCUT2D eigenvalue weighted by molar-refractivity contribution is 0.221. The van der Waals surface area contributed by atoms with Crippen molar-refractivity contribution in [3.63, 3.8) is 0 Å². The normalized spacial score (nSPS) is 11.6. The van der Waals surface area contributed by atoms with E-state index >= 15 is 0 Å². The Morgan fingerprint density at radius 3 is 2.47 bits per heavy atom. The molecule has 2 nitrogen and oxygen atoms in total. The number of hydrogen-bond donors (Lipinski definition) is 1. The molecular formula is C12H22N2S. The molecule has 0 bridgehead atoms. The van der Waals surface area contributed by atoms with Gasteiger partial charge in [-0.2, -0.15) is 0 Å². The zero-order valence-corrected chi connectivity index (χ0v) is 10.8. The Labute approximate surface area is 97.1 Å². The highest BCUT2D eigenvalue weighted by atomic mass is 32.1. The molecule has 0 aliphatic carbocycles. The zero-order valence-electron chi connectivity index (χ0n) is 9.99. The quantitative estimate of drug-likeness (QED) is 0.807. The van der Waals surface area contributed by atoms with Gasteiger partial charge in [0, 0.05) is 35.4 Å². The lowest BCUT2D eigenvalue weighted by Gasteiger charge is -2.25. The van der Waals surface area contributed by atoms with Gasteiger partial charge in [0.15, 0.2) is 0 Å². The third-order valence-corrected chi connectivity index (χ3v) is 3.79. The number of hydrogen-bond acceptors (Lipinski definition) is 3. The molecule has 0 saturated heterocycles. The summed E-state index contributed by atoms with van der Waals surface area (Å²) in [5.41, 5.74) is 5.61. The molecule has 0 aliphatic rings. The van der Waals surface area contributed by atoms with E-state index in [0.717, 1.165) is 26.1 Å². The van der Waals surface area contributed by atoms with Gasteiger partial charge in [-0.1, -0.05) is 6.92 Å². The first kappa shape index (κ1) is 12.7. The summed E-state index contributed by atoms with van der Waals surface area (Å²) < 4.78 is 0. The van der Waals surface area contributed by atoms with Gasteiger partial charge in [-0.25, -0.2) is 0 Å². The SMILES string of the molecule is CCc1ccc(CN(CCN)C(C)C)s1. The second kappa shape index (κ2) is 6.26. The van der Waals surface area contributed by atoms with Crippen LogP contribution < -0.4 is 5.73 Å². The summed E-state index contributed by atoms with van der Waals surface area (Å²) in [4.78, 5) is 5.35. The first-order valence-electron chi connectivity index (χ1n) is 5.69. The van der Waals surface area contributed by atoms with E-state index in [2.05, 4.69) is 37.8 Å². The van der Waals surface area contributed by atoms with Crippen LogP contribution >= 0.6 is 11.3 Å². The van der Waals surface area contributed by atoms with E-state index in [1.807, 2.05) is 11.3 Å². The molecule has 3 heteroatoms. The minimum Gasteiger partial charge on any atom is -0.329 e. The van der Waals surface area contributed by atoms with E-state index in [0.29, 0.717) is 6.04 Å². The van der Waals surface area contributed by atoms with Crippen LogP contribution in [0, 0.1) is 0 Å². The summed E-state index contributed by atoms with van der Waals surface area (Å²) in [6.07, 6.45) is 1.14. The molecule has 1 heterocycles. The van der Waals surface area contributed by atoms with Gasteiger partial charge < -0.3 is 5.73 Å². The molecule has 0 aliphatic heterocycles. The summed E-state index contributed by atoms with van der Waals surface area (Å²) in [7, 11) is 0. The van der Waals surface area contributed by atoms with E-state index in [9.17, 15) is 0 Å². The maximum Gasteiger partial charge on any atom is 0.0331 e. The second-order valence-electron chi connectivity index (χ2n) is 4.07. The highest BCUT2D eigenvalue weighted by Gasteiger charge is 2.10. The average Bonchev–Trinajstić information content (AvgIpc) is 2.65. The predicted molar refractivity (Wildman–Crippen MR) is 68.3 cm³/mol. The van der Waals surface area contributed by atoms with Crippen molar-refractivity contribution < 1.29 is 0 Å². The number of thiophene rings is 1. The number of nitrogens with zero attached hydrogens (tertiary/aromatic N) is 1. The summed E-state index contributed by atoms with van der Waals surface area (Å²) >= 11 is 1.92. The molecule has 0 saturated carbocycles. The van der Waals surface area contributed by atoms with E-state index in [1.54, 1.807) is 0 Å². The predicted octanol–water partition coefficient (Wildman–Crippen LogP) is 2.48. The Morgan fingerprint density at radius 2 is 2.00 bits per heavy atom. The Bertz CT molecular complexity index is 281. The third-order valence-electron chi connectivity index (χ3n) is 2.57. The average molecular weight is 226 g/mol. The van der Waals surface area contributed by atoms with Gasteiger partial charge in [0.05, 0.1) is 0 Å². The van der Waals surface area contributed by atoms with E-state index < -0.39 is 0 Å². The van der Waals surface area contributed by atoms with Crippen molar-refractivity contribution in [3.05, 3.63) is 21.9 Å². The molecule has 1 aromatic rings. The molecule has 1 aromatic heterocycles. The molecule has 15 heavy (non-hydrogen) atoms. The van der Waals surface area contributed by atoms with Crippen molar-refractivity contribution in [3.8, 4) is 0 Å². The lowest BCUT2D eigenvalue weighted by Crippen LogP contribution is -2.34. The molecule has 0 spiro atoms. The number of aryl methyl sites for hydroxylation is 1. The largest absolute Gasteiger partial charge is 0.329 e. The fourth-order valence-corrected chi connectivity index (χ4v) is 2.57. The Morgan fingerprint density at radius 1 is 1.33 bits per heavy atom. The van der Waals surface area contributed by atoms with E-state index in [-0.39, 0.29) is 0 Å². The van der Waals surface area contributed by atoms with Crippen LogP contribution in [-0.4, -0.2) is 24.0 Å². The van der Waals surface area contributed by atoms with Crippen LogP contribution in [0.15, 0.2) is 12.1 Å². The maximum atomic E-state index is 5.61. The second-order valence-corrected chi connectivity index (χ2v) is 5.33. The minimum atomic E-state index is 0.570.